The van der Waals surface area contributed by atoms with E-state index in [0.29, 0.717) is 29.4 Å². The van der Waals surface area contributed by atoms with Gasteiger partial charge in [0.2, 0.25) is 0 Å². The van der Waals surface area contributed by atoms with Crippen LogP contribution in [0.2, 0.25) is 0 Å². The van der Waals surface area contributed by atoms with Crippen molar-refractivity contribution in [1.29, 1.82) is 0 Å². The van der Waals surface area contributed by atoms with E-state index in [1.165, 1.54) is 21.3 Å². The Balaban J connectivity index is 1.94. The average Bonchev–Trinajstić information content (AvgIpc) is 3.18. The lowest BCUT2D eigenvalue weighted by molar-refractivity contribution is -0.141. The topological polar surface area (TPSA) is 85.3 Å². The molecule has 0 spiro atoms. The van der Waals surface area contributed by atoms with E-state index in [1.54, 1.807) is 17.0 Å². The fourth-order valence-corrected chi connectivity index (χ4v) is 3.62. The van der Waals surface area contributed by atoms with Crippen LogP contribution in [0.1, 0.15) is 21.8 Å². The van der Waals surface area contributed by atoms with Gasteiger partial charge in [-0.3, -0.25) is 9.59 Å². The number of rotatable bonds is 6. The normalized spacial score (nSPS) is 18.6. The summed E-state index contributed by atoms with van der Waals surface area (Å²) in [5.41, 5.74) is 1.21. The molecule has 1 heterocycles. The third-order valence-corrected chi connectivity index (χ3v) is 5.09. The number of methoxy groups -OCH3 is 3. The molecule has 3 rings (SSSR count). The van der Waals surface area contributed by atoms with Crippen molar-refractivity contribution in [3.63, 3.8) is 0 Å². The number of carboxylic acids is 1. The van der Waals surface area contributed by atoms with Crippen LogP contribution in [0.3, 0.4) is 0 Å². The van der Waals surface area contributed by atoms with Gasteiger partial charge in [0.1, 0.15) is 5.75 Å². The summed E-state index contributed by atoms with van der Waals surface area (Å²) < 4.78 is 15.9. The lowest BCUT2D eigenvalue weighted by atomic mass is 9.89. The summed E-state index contributed by atoms with van der Waals surface area (Å²) in [7, 11) is 4.45. The number of nitrogens with zero attached hydrogens (tertiary/aromatic N) is 1. The Kier molecular flexibility index (Phi) is 5.73. The van der Waals surface area contributed by atoms with E-state index in [4.69, 9.17) is 14.2 Å². The fourth-order valence-electron chi connectivity index (χ4n) is 3.62. The van der Waals surface area contributed by atoms with Gasteiger partial charge >= 0.3 is 5.97 Å². The number of ether oxygens (including phenoxy) is 3. The zero-order chi connectivity index (χ0) is 20.3. The number of hydrogen-bond acceptors (Lipinski definition) is 5. The average molecular weight is 385 g/mol. The minimum absolute atomic E-state index is 0.130. The fraction of sp³-hybridized carbons (Fsp3) is 0.333. The van der Waals surface area contributed by atoms with Gasteiger partial charge in [-0.1, -0.05) is 30.3 Å². The van der Waals surface area contributed by atoms with Gasteiger partial charge in [0.15, 0.2) is 11.5 Å². The molecule has 2 unspecified atom stereocenters. The van der Waals surface area contributed by atoms with E-state index in [2.05, 4.69) is 0 Å². The van der Waals surface area contributed by atoms with Crippen LogP contribution in [0.4, 0.5) is 0 Å². The minimum atomic E-state index is -0.913. The monoisotopic (exact) mass is 385 g/mol. The van der Waals surface area contributed by atoms with Crippen LogP contribution in [-0.2, 0) is 4.79 Å². The summed E-state index contributed by atoms with van der Waals surface area (Å²) in [5, 5.41) is 9.67. The number of carbonyl (C=O) groups excluding carboxylic acids is 1. The highest BCUT2D eigenvalue weighted by molar-refractivity contribution is 5.98. The second kappa shape index (κ2) is 8.21. The highest BCUT2D eigenvalue weighted by Gasteiger charge is 2.41. The van der Waals surface area contributed by atoms with Crippen LogP contribution in [0.15, 0.2) is 42.5 Å². The van der Waals surface area contributed by atoms with Crippen LogP contribution < -0.4 is 14.2 Å². The molecular formula is C21H23NO6. The molecule has 1 fully saturated rings. The van der Waals surface area contributed by atoms with Gasteiger partial charge in [-0.2, -0.15) is 0 Å². The summed E-state index contributed by atoms with van der Waals surface area (Å²) in [6.45, 7) is 0.447. The summed E-state index contributed by atoms with van der Waals surface area (Å²) in [6.07, 6.45) is 0. The molecule has 7 nitrogen and oxygen atoms in total. The smallest absolute Gasteiger partial charge is 0.308 e. The Morgan fingerprint density at radius 2 is 1.54 bits per heavy atom. The molecule has 28 heavy (non-hydrogen) atoms. The molecule has 7 heteroatoms. The number of aliphatic carboxylic acids is 1. The second-order valence-corrected chi connectivity index (χ2v) is 6.58. The van der Waals surface area contributed by atoms with Crippen molar-refractivity contribution in [2.45, 2.75) is 5.92 Å². The summed E-state index contributed by atoms with van der Waals surface area (Å²) in [4.78, 5) is 26.5. The first-order valence-electron chi connectivity index (χ1n) is 8.87. The molecule has 0 aromatic heterocycles. The molecule has 0 aliphatic carbocycles. The number of likely N-dealkylation sites (tertiary alicyclic amines) is 1. The first kappa shape index (κ1) is 19.5. The Hall–Kier alpha value is -3.22. The van der Waals surface area contributed by atoms with Crippen LogP contribution in [0, 0.1) is 5.92 Å². The van der Waals surface area contributed by atoms with Crippen LogP contribution >= 0.6 is 0 Å². The van der Waals surface area contributed by atoms with E-state index in [9.17, 15) is 14.7 Å². The summed E-state index contributed by atoms with van der Waals surface area (Å²) >= 11 is 0. The van der Waals surface area contributed by atoms with E-state index in [1.807, 2.05) is 30.3 Å². The summed E-state index contributed by atoms with van der Waals surface area (Å²) in [6, 6.07) is 12.6. The molecule has 2 aromatic rings. The van der Waals surface area contributed by atoms with Crippen molar-refractivity contribution in [3.05, 3.63) is 53.6 Å². The number of benzene rings is 2. The molecule has 1 N–H and O–H groups in total. The van der Waals surface area contributed by atoms with E-state index < -0.39 is 11.9 Å². The minimum Gasteiger partial charge on any atom is -0.496 e. The quantitative estimate of drug-likeness (QED) is 0.823. The molecule has 1 aliphatic rings. The van der Waals surface area contributed by atoms with Crippen molar-refractivity contribution >= 4 is 11.9 Å². The van der Waals surface area contributed by atoms with Crippen molar-refractivity contribution in [3.8, 4) is 17.2 Å². The Morgan fingerprint density at radius 3 is 2.11 bits per heavy atom. The lowest BCUT2D eigenvalue weighted by Crippen LogP contribution is -2.30. The molecule has 0 bridgehead atoms. The van der Waals surface area contributed by atoms with Gasteiger partial charge in [0.25, 0.3) is 5.91 Å². The molecule has 148 valence electrons. The number of amides is 1. The predicted molar refractivity (Wildman–Crippen MR) is 102 cm³/mol. The largest absolute Gasteiger partial charge is 0.496 e. The first-order valence-corrected chi connectivity index (χ1v) is 8.87. The third kappa shape index (κ3) is 3.60. The van der Waals surface area contributed by atoms with Gasteiger partial charge in [0.05, 0.1) is 32.8 Å². The first-order chi connectivity index (χ1) is 13.5. The van der Waals surface area contributed by atoms with Gasteiger partial charge in [-0.15, -0.1) is 0 Å². The highest BCUT2D eigenvalue weighted by Crippen LogP contribution is 2.38. The zero-order valence-corrected chi connectivity index (χ0v) is 16.0. The van der Waals surface area contributed by atoms with Crippen LogP contribution in [0.25, 0.3) is 0 Å². The third-order valence-electron chi connectivity index (χ3n) is 5.09. The van der Waals surface area contributed by atoms with E-state index >= 15 is 0 Å². The van der Waals surface area contributed by atoms with Crippen LogP contribution in [0.5, 0.6) is 17.2 Å². The van der Waals surface area contributed by atoms with Gasteiger partial charge in [-0.05, 0) is 5.56 Å². The Labute approximate surface area is 163 Å². The van der Waals surface area contributed by atoms with E-state index in [0.717, 1.165) is 5.56 Å². The van der Waals surface area contributed by atoms with Gasteiger partial charge in [0, 0.05) is 31.1 Å². The highest BCUT2D eigenvalue weighted by atomic mass is 16.5. The van der Waals surface area contributed by atoms with Gasteiger partial charge in [-0.25, -0.2) is 0 Å². The SMILES string of the molecule is COc1cc(OC)c(C(=O)N2CC(C(=O)O)C(c3ccccc3)C2)cc1OC. The van der Waals surface area contributed by atoms with Gasteiger partial charge < -0.3 is 24.2 Å². The standard InChI is InChI=1S/C21H23NO6/c1-26-17-10-19(28-3)18(27-2)9-14(17)20(23)22-11-15(16(12-22)21(24)25)13-7-5-4-6-8-13/h4-10,15-16H,11-12H2,1-3H3,(H,24,25). The maximum Gasteiger partial charge on any atom is 0.308 e. The van der Waals surface area contributed by atoms with Crippen molar-refractivity contribution in [2.24, 2.45) is 5.92 Å². The Bertz CT molecular complexity index is 867. The van der Waals surface area contributed by atoms with Crippen molar-refractivity contribution in [1.82, 2.24) is 4.90 Å². The lowest BCUT2D eigenvalue weighted by Gasteiger charge is -2.19. The number of hydrogen-bond donors (Lipinski definition) is 1. The van der Waals surface area contributed by atoms with E-state index in [-0.39, 0.29) is 18.4 Å². The zero-order valence-electron chi connectivity index (χ0n) is 16.0. The molecule has 2 aromatic carbocycles. The second-order valence-electron chi connectivity index (χ2n) is 6.58. The predicted octanol–water partition coefficient (Wildman–Crippen LogP) is 2.65. The molecule has 0 radical (unpaired) electrons. The molecule has 2 atom stereocenters. The molecule has 0 saturated carbocycles. The maximum absolute atomic E-state index is 13.2. The molecule has 1 amide bonds. The summed E-state index contributed by atoms with van der Waals surface area (Å²) in [5.74, 6) is -0.960. The molecule has 1 saturated heterocycles. The maximum atomic E-state index is 13.2. The van der Waals surface area contributed by atoms with Crippen molar-refractivity contribution < 1.29 is 28.9 Å². The molecular weight excluding hydrogens is 362 g/mol. The molecule has 1 aliphatic heterocycles. The van der Waals surface area contributed by atoms with Crippen molar-refractivity contribution in [2.75, 3.05) is 34.4 Å². The number of carbonyl (C=O) groups is 2. The Morgan fingerprint density at radius 1 is 0.929 bits per heavy atom. The number of carboxylic acid groups (broad SMARTS) is 1. The van der Waals surface area contributed by atoms with Crippen LogP contribution in [-0.4, -0.2) is 56.3 Å².